The molecule has 3 aromatic rings. The first kappa shape index (κ1) is 51.2. The lowest BCUT2D eigenvalue weighted by atomic mass is 9.93. The lowest BCUT2D eigenvalue weighted by Gasteiger charge is -2.45. The molecule has 0 aromatic heterocycles. The number of carbonyl (C=O) groups is 9. The number of fused-ring (bicyclic) bond motifs is 3. The molecule has 1 unspecified atom stereocenters. The first-order chi connectivity index (χ1) is 34.2. The molecule has 0 aliphatic carbocycles. The maximum atomic E-state index is 14.5. The van der Waals surface area contributed by atoms with Crippen molar-refractivity contribution in [3.63, 3.8) is 0 Å². The van der Waals surface area contributed by atoms with E-state index in [1.54, 1.807) is 41.5 Å². The number of rotatable bonds is 14. The van der Waals surface area contributed by atoms with Gasteiger partial charge in [0.25, 0.3) is 0 Å². The zero-order valence-corrected chi connectivity index (χ0v) is 42.4. The normalized spacial score (nSPS) is 28.9. The number of carboxylic acid groups (broad SMARTS) is 1. The number of aliphatic carboxylic acids is 1. The van der Waals surface area contributed by atoms with Crippen molar-refractivity contribution in [2.75, 3.05) is 0 Å². The summed E-state index contributed by atoms with van der Waals surface area (Å²) in [6.45, 7) is 10.3. The fraction of sp³-hybridized carbons (Fsp3) is 0.438. The number of carbonyl (C=O) groups excluding carboxylic acids is 8. The Kier molecular flexibility index (Phi) is 12.9. The quantitative estimate of drug-likeness (QED) is 0.0967. The fourth-order valence-electron chi connectivity index (χ4n) is 10.4. The van der Waals surface area contributed by atoms with E-state index < -0.39 is 138 Å². The highest BCUT2D eigenvalue weighted by molar-refractivity contribution is 8.02. The van der Waals surface area contributed by atoms with Crippen molar-refractivity contribution in [2.24, 2.45) is 5.73 Å². The van der Waals surface area contributed by atoms with Gasteiger partial charge in [-0.3, -0.25) is 38.4 Å². The predicted octanol–water partition coefficient (Wildman–Crippen LogP) is 0.244. The van der Waals surface area contributed by atoms with Crippen molar-refractivity contribution in [3.05, 3.63) is 89.5 Å². The summed E-state index contributed by atoms with van der Waals surface area (Å²) >= 11 is 3.71. The van der Waals surface area contributed by atoms with E-state index >= 15 is 0 Å². The van der Waals surface area contributed by atoms with Crippen LogP contribution in [-0.2, 0) is 43.2 Å². The monoisotopic (exact) mass is 1060 g/mol. The smallest absolute Gasteiger partial charge is 0.327 e. The molecule has 0 bridgehead atoms. The Morgan fingerprint density at radius 1 is 0.493 bits per heavy atom. The Labute approximate surface area is 430 Å². The average molecular weight is 1060 g/mol. The molecule has 6 saturated heterocycles. The Morgan fingerprint density at radius 3 is 1.11 bits per heavy atom. The number of phenols is 3. The Balaban J connectivity index is 0.883. The summed E-state index contributed by atoms with van der Waals surface area (Å²) < 4.78 is -2.83. The second-order valence-electron chi connectivity index (χ2n) is 20.2. The van der Waals surface area contributed by atoms with Crippen molar-refractivity contribution in [3.8, 4) is 17.2 Å². The summed E-state index contributed by atoms with van der Waals surface area (Å²) in [5.41, 5.74) is 7.01. The summed E-state index contributed by atoms with van der Waals surface area (Å²) in [6.07, 6.45) is 0. The molecule has 8 amide bonds. The van der Waals surface area contributed by atoms with E-state index in [9.17, 15) is 63.6 Å². The number of aromatic hydroxyl groups is 3. The molecular weight excluding hydrogens is 1010 g/mol. The molecule has 0 saturated carbocycles. The largest absolute Gasteiger partial charge is 0.508 e. The standard InChI is InChI=1S/C48H53N9O13S3/c1-46(2)31(55-39(66)28(42(55)71-46)52-34(61)25(49)19-7-13-22(58)14-8-19)37(64)50-26(20-9-15-23(59)16-10-20)35(62)53-29-40(67)56-32(47(3,4)72-43(29)56)38(65)51-27(21-11-17-24(60)18-12-21)36(63)54-30-41(68)57-33(45(69)70)48(5,6)73-44(30)57/h7-18,25-33,42-44,58-60H,49H2,1-6H3,(H,50,64)(H,51,65)(H,52,61)(H,53,62)(H,54,63)(H,69,70)/t25-,26-,27-,28-,29-,30-,31+,32+,33+,42?,43-,44-/m1/s1. The summed E-state index contributed by atoms with van der Waals surface area (Å²) in [7, 11) is 0. The number of nitrogens with one attached hydrogen (secondary N) is 5. The van der Waals surface area contributed by atoms with Crippen LogP contribution >= 0.6 is 35.3 Å². The topological polar surface area (TPSA) is 330 Å². The van der Waals surface area contributed by atoms with E-state index in [2.05, 4.69) is 26.6 Å². The molecule has 6 aliphatic rings. The molecule has 25 heteroatoms. The molecule has 6 heterocycles. The molecule has 0 spiro atoms. The number of nitrogens with two attached hydrogens (primary N) is 1. The highest BCUT2D eigenvalue weighted by Gasteiger charge is 2.67. The number of carboxylic acids is 1. The Hall–Kier alpha value is -6.70. The third-order valence-corrected chi connectivity index (χ3v) is 18.7. The molecule has 3 aromatic carbocycles. The number of β-lactam (4-membered cyclic amide) rings is 3. The minimum atomic E-state index is -1.47. The van der Waals surface area contributed by atoms with Crippen LogP contribution in [0, 0.1) is 0 Å². The molecule has 9 rings (SSSR count). The second-order valence-corrected chi connectivity index (χ2v) is 25.5. The van der Waals surface area contributed by atoms with Crippen molar-refractivity contribution in [2.45, 2.75) is 126 Å². The van der Waals surface area contributed by atoms with Crippen molar-refractivity contribution in [1.82, 2.24) is 41.3 Å². The molecule has 22 nitrogen and oxygen atoms in total. The van der Waals surface area contributed by atoms with Gasteiger partial charge in [0, 0.05) is 14.2 Å². The number of thioether (sulfide) groups is 3. The van der Waals surface area contributed by atoms with E-state index in [-0.39, 0.29) is 28.4 Å². The van der Waals surface area contributed by atoms with Gasteiger partial charge >= 0.3 is 5.97 Å². The highest BCUT2D eigenvalue weighted by Crippen LogP contribution is 2.53. The molecule has 386 valence electrons. The van der Waals surface area contributed by atoms with Gasteiger partial charge in [-0.25, -0.2) is 4.79 Å². The zero-order chi connectivity index (χ0) is 53.0. The lowest BCUT2D eigenvalue weighted by Crippen LogP contribution is -2.73. The number of hydrogen-bond donors (Lipinski definition) is 10. The molecular formula is C48H53N9O13S3. The summed E-state index contributed by atoms with van der Waals surface area (Å²) in [4.78, 5) is 128. The molecule has 0 radical (unpaired) electrons. The first-order valence-corrected chi connectivity index (χ1v) is 25.7. The maximum Gasteiger partial charge on any atom is 0.327 e. The van der Waals surface area contributed by atoms with Crippen LogP contribution in [0.25, 0.3) is 0 Å². The van der Waals surface area contributed by atoms with Crippen LogP contribution in [0.3, 0.4) is 0 Å². The van der Waals surface area contributed by atoms with Crippen molar-refractivity contribution in [1.29, 1.82) is 0 Å². The SMILES string of the molecule is CC1(C)SC2[C@H](NC(=O)[C@H](N)c3ccc(O)cc3)C(=O)N2[C@H]1C(=O)N[C@@H](C(=O)N[C@@H]1C(=O)N2[C@@H]1SC(C)(C)[C@@H]2C(=O)N[C@@H](C(=O)N[C@@H]1C(=O)N2[C@@H]1SC(C)(C)[C@@H]2C(=O)O)c1ccc(O)cc1)c1ccc(O)cc1. The van der Waals surface area contributed by atoms with E-state index in [1.165, 1.54) is 123 Å². The van der Waals surface area contributed by atoms with Gasteiger partial charge in [0.1, 0.15) is 87.7 Å². The van der Waals surface area contributed by atoms with E-state index in [1.807, 2.05) is 0 Å². The van der Waals surface area contributed by atoms with Crippen LogP contribution in [-0.4, -0.2) is 155 Å². The minimum absolute atomic E-state index is 0.0175. The first-order valence-electron chi connectivity index (χ1n) is 23.1. The van der Waals surface area contributed by atoms with Gasteiger partial charge in [-0.15, -0.1) is 35.3 Å². The minimum Gasteiger partial charge on any atom is -0.508 e. The van der Waals surface area contributed by atoms with Crippen LogP contribution < -0.4 is 32.3 Å². The summed E-state index contributed by atoms with van der Waals surface area (Å²) in [6, 6.07) is 5.74. The van der Waals surface area contributed by atoms with Crippen LogP contribution in [0.5, 0.6) is 17.2 Å². The number of phenolic OH excluding ortho intramolecular Hbond substituents is 3. The second kappa shape index (κ2) is 18.3. The van der Waals surface area contributed by atoms with Crippen LogP contribution in [0.2, 0.25) is 0 Å². The van der Waals surface area contributed by atoms with Gasteiger partial charge < -0.3 is 67.4 Å². The molecule has 11 N–H and O–H groups in total. The van der Waals surface area contributed by atoms with Crippen LogP contribution in [0.4, 0.5) is 0 Å². The Morgan fingerprint density at radius 2 is 0.781 bits per heavy atom. The molecule has 12 atom stereocenters. The molecule has 6 aliphatic heterocycles. The fourth-order valence-corrected chi connectivity index (χ4v) is 15.3. The number of hydrogen-bond acceptors (Lipinski definition) is 16. The molecule has 73 heavy (non-hydrogen) atoms. The van der Waals surface area contributed by atoms with Gasteiger partial charge in [0.2, 0.25) is 47.3 Å². The van der Waals surface area contributed by atoms with E-state index in [4.69, 9.17) is 5.73 Å². The van der Waals surface area contributed by atoms with Crippen molar-refractivity contribution < 1.29 is 63.6 Å². The number of nitrogens with zero attached hydrogens (tertiary/aromatic N) is 3. The maximum absolute atomic E-state index is 14.5. The summed E-state index contributed by atoms with van der Waals surface area (Å²) in [5, 5.41) is 51.1. The third-order valence-electron chi connectivity index (χ3n) is 14.0. The highest BCUT2D eigenvalue weighted by atomic mass is 32.2. The van der Waals surface area contributed by atoms with Crippen molar-refractivity contribution >= 4 is 88.5 Å². The predicted molar refractivity (Wildman–Crippen MR) is 265 cm³/mol. The van der Waals surface area contributed by atoms with E-state index in [0.29, 0.717) is 5.56 Å². The summed E-state index contributed by atoms with van der Waals surface area (Å²) in [5.74, 6) is -7.00. The van der Waals surface area contributed by atoms with Crippen LogP contribution in [0.1, 0.15) is 76.4 Å². The average Bonchev–Trinajstić information content (AvgIpc) is 3.86. The molecule has 6 fully saturated rings. The van der Waals surface area contributed by atoms with Gasteiger partial charge in [0.15, 0.2) is 0 Å². The third kappa shape index (κ3) is 8.81. The lowest BCUT2D eigenvalue weighted by molar-refractivity contribution is -0.161. The van der Waals surface area contributed by atoms with Gasteiger partial charge in [-0.05, 0) is 94.6 Å². The zero-order valence-electron chi connectivity index (χ0n) is 40.0. The van der Waals surface area contributed by atoms with Gasteiger partial charge in [-0.2, -0.15) is 0 Å². The number of benzene rings is 3. The van der Waals surface area contributed by atoms with E-state index in [0.717, 1.165) is 0 Å². The Bertz CT molecular complexity index is 2840. The number of amides is 8. The van der Waals surface area contributed by atoms with Gasteiger partial charge in [-0.1, -0.05) is 36.4 Å². The van der Waals surface area contributed by atoms with Crippen LogP contribution in [0.15, 0.2) is 72.8 Å². The van der Waals surface area contributed by atoms with Gasteiger partial charge in [0.05, 0.1) is 0 Å².